The fourth-order valence-corrected chi connectivity index (χ4v) is 3.85. The maximum atomic E-state index is 13.7. The molecule has 0 spiro atoms. The minimum absolute atomic E-state index is 0.116. The molecule has 34 heavy (non-hydrogen) atoms. The van der Waals surface area contributed by atoms with Gasteiger partial charge in [0.25, 0.3) is 0 Å². The largest absolute Gasteiger partial charge is 0.497 e. The standard InChI is InChI=1S/C26H27FN4O3/c1-34-22-12-6-19(7-13-22)18-25(32)31-16-14-30(15-17-31)21-10-8-20(9-11-21)28-26(33)29-24-5-3-2-4-23(24)27/h2-13H,14-18H2,1H3,(H2,28,29,33). The Bertz CT molecular complexity index is 1130. The van der Waals surface area contributed by atoms with Gasteiger partial charge in [-0.2, -0.15) is 0 Å². The van der Waals surface area contributed by atoms with Crippen LogP contribution >= 0.6 is 0 Å². The van der Waals surface area contributed by atoms with Crippen LogP contribution in [0.15, 0.2) is 72.8 Å². The second kappa shape index (κ2) is 10.7. The van der Waals surface area contributed by atoms with E-state index >= 15 is 0 Å². The fraction of sp³-hybridized carbons (Fsp3) is 0.231. The van der Waals surface area contributed by atoms with E-state index in [2.05, 4.69) is 15.5 Å². The third kappa shape index (κ3) is 5.83. The maximum absolute atomic E-state index is 13.7. The summed E-state index contributed by atoms with van der Waals surface area (Å²) in [7, 11) is 1.62. The Kier molecular flexibility index (Phi) is 7.27. The molecule has 3 aromatic carbocycles. The van der Waals surface area contributed by atoms with E-state index in [-0.39, 0.29) is 11.6 Å². The number of halogens is 1. The molecule has 8 heteroatoms. The first-order chi connectivity index (χ1) is 16.5. The van der Waals surface area contributed by atoms with E-state index in [1.807, 2.05) is 41.3 Å². The van der Waals surface area contributed by atoms with E-state index in [1.165, 1.54) is 12.1 Å². The molecule has 176 valence electrons. The SMILES string of the molecule is COc1ccc(CC(=O)N2CCN(c3ccc(NC(=O)Nc4ccccc4F)cc3)CC2)cc1. The normalized spacial score (nSPS) is 13.4. The first kappa shape index (κ1) is 23.1. The number of hydrogen-bond donors (Lipinski definition) is 2. The highest BCUT2D eigenvalue weighted by atomic mass is 19.1. The molecule has 0 aromatic heterocycles. The Morgan fingerprint density at radius 3 is 2.21 bits per heavy atom. The van der Waals surface area contributed by atoms with Gasteiger partial charge in [0.1, 0.15) is 11.6 Å². The van der Waals surface area contributed by atoms with Crippen LogP contribution in [-0.2, 0) is 11.2 Å². The molecule has 0 radical (unpaired) electrons. The molecule has 3 aromatic rings. The highest BCUT2D eigenvalue weighted by molar-refractivity contribution is 5.99. The quantitative estimate of drug-likeness (QED) is 0.571. The van der Waals surface area contributed by atoms with Crippen molar-refractivity contribution in [2.45, 2.75) is 6.42 Å². The zero-order chi connectivity index (χ0) is 23.9. The third-order valence-corrected chi connectivity index (χ3v) is 5.76. The third-order valence-electron chi connectivity index (χ3n) is 5.76. The Morgan fingerprint density at radius 2 is 1.56 bits per heavy atom. The molecule has 1 fully saturated rings. The molecule has 1 heterocycles. The smallest absolute Gasteiger partial charge is 0.323 e. The van der Waals surface area contributed by atoms with Crippen molar-refractivity contribution >= 4 is 29.0 Å². The number of carbonyl (C=O) groups excluding carboxylic acids is 2. The van der Waals surface area contributed by atoms with Crippen LogP contribution < -0.4 is 20.3 Å². The van der Waals surface area contributed by atoms with Gasteiger partial charge in [0.2, 0.25) is 5.91 Å². The van der Waals surface area contributed by atoms with E-state index in [1.54, 1.807) is 31.4 Å². The first-order valence-corrected chi connectivity index (χ1v) is 11.1. The molecular weight excluding hydrogens is 435 g/mol. The Hall–Kier alpha value is -4.07. The summed E-state index contributed by atoms with van der Waals surface area (Å²) in [6.07, 6.45) is 0.374. The van der Waals surface area contributed by atoms with Gasteiger partial charge in [-0.15, -0.1) is 0 Å². The summed E-state index contributed by atoms with van der Waals surface area (Å²) in [5, 5.41) is 5.20. The molecule has 0 bridgehead atoms. The van der Waals surface area contributed by atoms with Crippen molar-refractivity contribution in [2.75, 3.05) is 48.8 Å². The van der Waals surface area contributed by atoms with Crippen LogP contribution in [0.4, 0.5) is 26.2 Å². The second-order valence-electron chi connectivity index (χ2n) is 8.00. The van der Waals surface area contributed by atoms with Crippen LogP contribution in [-0.4, -0.2) is 50.1 Å². The molecule has 2 N–H and O–H groups in total. The lowest BCUT2D eigenvalue weighted by molar-refractivity contribution is -0.130. The summed E-state index contributed by atoms with van der Waals surface area (Å²) in [5.74, 6) is 0.400. The summed E-state index contributed by atoms with van der Waals surface area (Å²) in [5.41, 5.74) is 2.71. The molecule has 3 amide bonds. The number of ether oxygens (including phenoxy) is 1. The molecule has 0 atom stereocenters. The Labute approximate surface area is 198 Å². The van der Waals surface area contributed by atoms with Crippen LogP contribution in [0.25, 0.3) is 0 Å². The summed E-state index contributed by atoms with van der Waals surface area (Å²) < 4.78 is 18.8. The summed E-state index contributed by atoms with van der Waals surface area (Å²) >= 11 is 0. The number of rotatable bonds is 6. The number of nitrogens with one attached hydrogen (secondary N) is 2. The number of benzene rings is 3. The van der Waals surface area contributed by atoms with Crippen LogP contribution in [0.2, 0.25) is 0 Å². The monoisotopic (exact) mass is 462 g/mol. The number of para-hydroxylation sites is 1. The summed E-state index contributed by atoms with van der Waals surface area (Å²) in [6, 6.07) is 20.5. The van der Waals surface area contributed by atoms with Crippen LogP contribution in [0, 0.1) is 5.82 Å². The number of nitrogens with zero attached hydrogens (tertiary/aromatic N) is 2. The van der Waals surface area contributed by atoms with Gasteiger partial charge in [0.05, 0.1) is 19.2 Å². The number of urea groups is 1. The minimum Gasteiger partial charge on any atom is -0.497 e. The minimum atomic E-state index is -0.512. The van der Waals surface area contributed by atoms with Crippen molar-refractivity contribution in [2.24, 2.45) is 0 Å². The number of amides is 3. The summed E-state index contributed by atoms with van der Waals surface area (Å²) in [6.45, 7) is 2.77. The number of carbonyl (C=O) groups is 2. The van der Waals surface area contributed by atoms with E-state index < -0.39 is 11.8 Å². The highest BCUT2D eigenvalue weighted by Crippen LogP contribution is 2.21. The van der Waals surface area contributed by atoms with Gasteiger partial charge < -0.3 is 25.2 Å². The zero-order valence-electron chi connectivity index (χ0n) is 19.0. The lowest BCUT2D eigenvalue weighted by Gasteiger charge is -2.36. The van der Waals surface area contributed by atoms with Gasteiger partial charge in [-0.1, -0.05) is 24.3 Å². The first-order valence-electron chi connectivity index (χ1n) is 11.1. The highest BCUT2D eigenvalue weighted by Gasteiger charge is 2.21. The number of piperazine rings is 1. The predicted octanol–water partition coefficient (Wildman–Crippen LogP) is 4.37. The van der Waals surface area contributed by atoms with E-state index in [0.29, 0.717) is 25.2 Å². The average molecular weight is 463 g/mol. The van der Waals surface area contributed by atoms with E-state index in [9.17, 15) is 14.0 Å². The average Bonchev–Trinajstić information content (AvgIpc) is 2.86. The Morgan fingerprint density at radius 1 is 0.882 bits per heavy atom. The van der Waals surface area contributed by atoms with Gasteiger partial charge in [0, 0.05) is 37.6 Å². The molecular formula is C26H27FN4O3. The van der Waals surface area contributed by atoms with Crippen molar-refractivity contribution < 1.29 is 18.7 Å². The van der Waals surface area contributed by atoms with Crippen molar-refractivity contribution in [1.82, 2.24) is 4.90 Å². The number of hydrogen-bond acceptors (Lipinski definition) is 4. The van der Waals surface area contributed by atoms with Crippen molar-refractivity contribution in [3.05, 3.63) is 84.2 Å². The fourth-order valence-electron chi connectivity index (χ4n) is 3.85. The lowest BCUT2D eigenvalue weighted by Crippen LogP contribution is -2.49. The van der Waals surface area contributed by atoms with Gasteiger partial charge in [-0.3, -0.25) is 4.79 Å². The second-order valence-corrected chi connectivity index (χ2v) is 8.00. The molecule has 7 nitrogen and oxygen atoms in total. The zero-order valence-corrected chi connectivity index (χ0v) is 19.0. The Balaban J connectivity index is 1.26. The van der Waals surface area contributed by atoms with Gasteiger partial charge >= 0.3 is 6.03 Å². The molecule has 0 unspecified atom stereocenters. The maximum Gasteiger partial charge on any atom is 0.323 e. The van der Waals surface area contributed by atoms with Crippen molar-refractivity contribution in [3.8, 4) is 5.75 Å². The number of methoxy groups -OCH3 is 1. The molecule has 4 rings (SSSR count). The van der Waals surface area contributed by atoms with E-state index in [0.717, 1.165) is 30.1 Å². The van der Waals surface area contributed by atoms with Gasteiger partial charge in [-0.05, 0) is 54.1 Å². The molecule has 1 aliphatic heterocycles. The lowest BCUT2D eigenvalue weighted by atomic mass is 10.1. The van der Waals surface area contributed by atoms with Crippen molar-refractivity contribution in [3.63, 3.8) is 0 Å². The van der Waals surface area contributed by atoms with Crippen LogP contribution in [0.1, 0.15) is 5.56 Å². The van der Waals surface area contributed by atoms with E-state index in [4.69, 9.17) is 4.74 Å². The van der Waals surface area contributed by atoms with Crippen LogP contribution in [0.5, 0.6) is 5.75 Å². The van der Waals surface area contributed by atoms with Crippen molar-refractivity contribution in [1.29, 1.82) is 0 Å². The molecule has 0 saturated carbocycles. The van der Waals surface area contributed by atoms with Crippen LogP contribution in [0.3, 0.4) is 0 Å². The topological polar surface area (TPSA) is 73.9 Å². The molecule has 1 aliphatic rings. The summed E-state index contributed by atoms with van der Waals surface area (Å²) in [4.78, 5) is 28.9. The number of anilines is 3. The molecule has 1 saturated heterocycles. The van der Waals surface area contributed by atoms with Gasteiger partial charge in [-0.25, -0.2) is 9.18 Å². The van der Waals surface area contributed by atoms with Gasteiger partial charge in [0.15, 0.2) is 0 Å². The molecule has 0 aliphatic carbocycles. The predicted molar refractivity (Wildman–Crippen MR) is 131 cm³/mol.